The molecular weight excluding hydrogens is 494 g/mol. The predicted octanol–water partition coefficient (Wildman–Crippen LogP) is 1.48. The molecule has 0 aliphatic heterocycles. The first kappa shape index (κ1) is 26.6. The summed E-state index contributed by atoms with van der Waals surface area (Å²) in [6, 6.07) is 3.97. The molecule has 38 heavy (non-hydrogen) atoms. The van der Waals surface area contributed by atoms with Gasteiger partial charge in [0.1, 0.15) is 17.2 Å². The molecule has 0 aromatic heterocycles. The van der Waals surface area contributed by atoms with Crippen molar-refractivity contribution >= 4 is 11.6 Å². The Labute approximate surface area is 219 Å². The number of nitrogens with two attached hydrogens (primary N) is 1. The Bertz CT molecular complexity index is 1310. The van der Waals surface area contributed by atoms with Gasteiger partial charge in [-0.2, -0.15) is 0 Å². The summed E-state index contributed by atoms with van der Waals surface area (Å²) in [5, 5.41) is 55.0. The molecule has 1 fully saturated rings. The first-order chi connectivity index (χ1) is 17.9. The van der Waals surface area contributed by atoms with Crippen LogP contribution in [0.1, 0.15) is 82.2 Å². The van der Waals surface area contributed by atoms with Crippen molar-refractivity contribution in [3.05, 3.63) is 51.6 Å². The van der Waals surface area contributed by atoms with Crippen LogP contribution in [0.2, 0.25) is 0 Å². The van der Waals surface area contributed by atoms with Gasteiger partial charge in [-0.3, -0.25) is 9.59 Å². The number of rotatable bonds is 4. The number of hydrogen-bond donors (Lipinski definition) is 6. The highest BCUT2D eigenvalue weighted by atomic mass is 16.5. The monoisotopic (exact) mass is 527 g/mol. The molecule has 0 bridgehead atoms. The predicted molar refractivity (Wildman–Crippen MR) is 135 cm³/mol. The van der Waals surface area contributed by atoms with Gasteiger partial charge in [-0.25, -0.2) is 0 Å². The Morgan fingerprint density at radius 1 is 1.08 bits per heavy atom. The molecule has 0 heterocycles. The minimum atomic E-state index is -1.75. The summed E-state index contributed by atoms with van der Waals surface area (Å²) >= 11 is 0. The van der Waals surface area contributed by atoms with Gasteiger partial charge in [-0.1, -0.05) is 19.1 Å². The van der Waals surface area contributed by atoms with Crippen LogP contribution in [-0.4, -0.2) is 74.2 Å². The normalized spacial score (nSPS) is 31.3. The van der Waals surface area contributed by atoms with Gasteiger partial charge in [0.2, 0.25) is 5.78 Å². The van der Waals surface area contributed by atoms with Gasteiger partial charge in [0, 0.05) is 35.6 Å². The van der Waals surface area contributed by atoms with Crippen LogP contribution >= 0.6 is 0 Å². The van der Waals surface area contributed by atoms with E-state index in [0.29, 0.717) is 12.8 Å². The van der Waals surface area contributed by atoms with E-state index in [9.17, 15) is 35.1 Å². The molecule has 10 heteroatoms. The van der Waals surface area contributed by atoms with Crippen LogP contribution in [0.4, 0.5) is 0 Å². The van der Waals surface area contributed by atoms with Crippen molar-refractivity contribution in [2.24, 2.45) is 11.7 Å². The topological polar surface area (TPSA) is 180 Å². The van der Waals surface area contributed by atoms with E-state index in [1.807, 2.05) is 6.92 Å². The molecule has 10 nitrogen and oxygen atoms in total. The van der Waals surface area contributed by atoms with Crippen LogP contribution < -0.4 is 10.5 Å². The van der Waals surface area contributed by atoms with E-state index in [4.69, 9.17) is 15.2 Å². The van der Waals surface area contributed by atoms with Gasteiger partial charge in [0.05, 0.1) is 53.8 Å². The van der Waals surface area contributed by atoms with Crippen molar-refractivity contribution in [1.82, 2.24) is 0 Å². The van der Waals surface area contributed by atoms with E-state index in [1.165, 1.54) is 26.2 Å². The Balaban J connectivity index is 1.68. The van der Waals surface area contributed by atoms with Gasteiger partial charge in [0.15, 0.2) is 5.78 Å². The number of carbonyl (C=O) groups excluding carboxylic acids is 2. The minimum Gasteiger partial charge on any atom is -0.507 e. The first-order valence-electron chi connectivity index (χ1n) is 12.8. The number of phenolic OH excluding ortho intramolecular Hbond substituents is 2. The number of methoxy groups -OCH3 is 1. The van der Waals surface area contributed by atoms with Crippen LogP contribution in [0.3, 0.4) is 0 Å². The highest BCUT2D eigenvalue weighted by Crippen LogP contribution is 2.53. The number of fused-ring (bicyclic) bond motifs is 3. The second-order valence-electron chi connectivity index (χ2n) is 10.9. The van der Waals surface area contributed by atoms with E-state index in [1.54, 1.807) is 6.07 Å². The first-order valence-corrected chi connectivity index (χ1v) is 12.8. The van der Waals surface area contributed by atoms with Crippen LogP contribution in [0, 0.1) is 5.92 Å². The summed E-state index contributed by atoms with van der Waals surface area (Å²) in [5.41, 5.74) is 3.75. The number of ether oxygens (including phenoxy) is 2. The zero-order valence-electron chi connectivity index (χ0n) is 21.5. The molecule has 3 aliphatic carbocycles. The third-order valence-electron chi connectivity index (χ3n) is 8.43. The van der Waals surface area contributed by atoms with Gasteiger partial charge < -0.3 is 40.7 Å². The van der Waals surface area contributed by atoms with E-state index < -0.39 is 59.1 Å². The maximum atomic E-state index is 13.7. The average molecular weight is 528 g/mol. The average Bonchev–Trinajstić information content (AvgIpc) is 2.87. The maximum absolute atomic E-state index is 13.7. The van der Waals surface area contributed by atoms with Crippen molar-refractivity contribution in [1.29, 1.82) is 0 Å². The second kappa shape index (κ2) is 9.32. The third-order valence-corrected chi connectivity index (χ3v) is 8.43. The lowest BCUT2D eigenvalue weighted by atomic mass is 9.71. The summed E-state index contributed by atoms with van der Waals surface area (Å²) in [5.74, 6) is -2.44. The molecule has 0 amide bonds. The molecule has 7 unspecified atom stereocenters. The standard InChI is InChI=1S/C28H33NO9/c1-11-7-13(8-16(29)23(11)31)38-18-10-28(36,12(2)30)9-15-20(18)27(35)22-21(25(15)33)24(32)14-5-4-6-17(37-3)19(14)26(22)34/h4-6,11-13,16,18,23,30-31,33,35-36H,7-10,29H2,1-3H3. The minimum absolute atomic E-state index is 0.0167. The van der Waals surface area contributed by atoms with E-state index in [2.05, 4.69) is 0 Å². The van der Waals surface area contributed by atoms with Crippen LogP contribution in [0.5, 0.6) is 17.2 Å². The number of benzene rings is 2. The summed E-state index contributed by atoms with van der Waals surface area (Å²) in [6.45, 7) is 3.25. The van der Waals surface area contributed by atoms with Gasteiger partial charge >= 0.3 is 0 Å². The van der Waals surface area contributed by atoms with Crippen molar-refractivity contribution in [3.63, 3.8) is 0 Å². The molecular formula is C28H33NO9. The molecule has 2 aromatic rings. The molecule has 2 aromatic carbocycles. The smallest absolute Gasteiger partial charge is 0.202 e. The Morgan fingerprint density at radius 3 is 2.39 bits per heavy atom. The fourth-order valence-corrected chi connectivity index (χ4v) is 6.24. The second-order valence-corrected chi connectivity index (χ2v) is 10.9. The highest BCUT2D eigenvalue weighted by molar-refractivity contribution is 6.31. The Hall–Kier alpha value is -3.02. The van der Waals surface area contributed by atoms with Gasteiger partial charge in [0.25, 0.3) is 0 Å². The zero-order valence-corrected chi connectivity index (χ0v) is 21.5. The van der Waals surface area contributed by atoms with Crippen LogP contribution in [0.15, 0.2) is 18.2 Å². The molecule has 1 saturated carbocycles. The summed E-state index contributed by atoms with van der Waals surface area (Å²) in [4.78, 5) is 27.2. The quantitative estimate of drug-likeness (QED) is 0.272. The zero-order chi connectivity index (χ0) is 27.7. The number of phenols is 2. The lowest BCUT2D eigenvalue weighted by Gasteiger charge is -2.44. The SMILES string of the molecule is COc1cccc2c1C(=O)c1c(O)c3c(c(O)c1C2=O)CC(O)(C(C)O)CC3OC1CC(C)C(O)C(N)C1. The molecule has 5 rings (SSSR count). The van der Waals surface area contributed by atoms with Crippen LogP contribution in [-0.2, 0) is 11.2 Å². The number of carbonyl (C=O) groups is 2. The molecule has 0 radical (unpaired) electrons. The Kier molecular flexibility index (Phi) is 6.52. The summed E-state index contributed by atoms with van der Waals surface area (Å²) in [7, 11) is 1.36. The van der Waals surface area contributed by atoms with E-state index in [0.717, 1.165) is 0 Å². The van der Waals surface area contributed by atoms with Gasteiger partial charge in [-0.15, -0.1) is 0 Å². The fourth-order valence-electron chi connectivity index (χ4n) is 6.24. The lowest BCUT2D eigenvalue weighted by molar-refractivity contribution is -0.137. The number of aliphatic hydroxyl groups excluding tert-OH is 2. The third kappa shape index (κ3) is 3.90. The van der Waals surface area contributed by atoms with Crippen molar-refractivity contribution in [3.8, 4) is 17.2 Å². The van der Waals surface area contributed by atoms with Crippen molar-refractivity contribution < 1.29 is 44.6 Å². The number of aliphatic hydroxyl groups is 3. The number of aromatic hydroxyl groups is 2. The van der Waals surface area contributed by atoms with E-state index in [-0.39, 0.29) is 57.9 Å². The molecule has 7 atom stereocenters. The summed E-state index contributed by atoms with van der Waals surface area (Å²) < 4.78 is 11.6. The Morgan fingerprint density at radius 2 is 1.76 bits per heavy atom. The fraction of sp³-hybridized carbons (Fsp3) is 0.500. The molecule has 0 spiro atoms. The number of ketones is 2. The van der Waals surface area contributed by atoms with E-state index >= 15 is 0 Å². The maximum Gasteiger partial charge on any atom is 0.202 e. The number of hydrogen-bond acceptors (Lipinski definition) is 10. The van der Waals surface area contributed by atoms with Crippen LogP contribution in [0.25, 0.3) is 0 Å². The largest absolute Gasteiger partial charge is 0.507 e. The lowest BCUT2D eigenvalue weighted by Crippen LogP contribution is -2.50. The molecule has 204 valence electrons. The molecule has 7 N–H and O–H groups in total. The molecule has 3 aliphatic rings. The molecule has 0 saturated heterocycles. The summed E-state index contributed by atoms with van der Waals surface area (Å²) in [6.07, 6.45) is -3.11. The van der Waals surface area contributed by atoms with Gasteiger partial charge in [-0.05, 0) is 31.7 Å². The van der Waals surface area contributed by atoms with Crippen molar-refractivity contribution in [2.45, 2.75) is 75.6 Å². The highest BCUT2D eigenvalue weighted by Gasteiger charge is 2.49. The van der Waals surface area contributed by atoms with Crippen molar-refractivity contribution in [2.75, 3.05) is 7.11 Å².